The van der Waals surface area contributed by atoms with Crippen LogP contribution >= 0.6 is 0 Å². The van der Waals surface area contributed by atoms with E-state index in [-0.39, 0.29) is 0 Å². The summed E-state index contributed by atoms with van der Waals surface area (Å²) in [4.78, 5) is 31.0. The van der Waals surface area contributed by atoms with Gasteiger partial charge in [0.1, 0.15) is 0 Å². The van der Waals surface area contributed by atoms with E-state index in [4.69, 9.17) is 0 Å². The van der Waals surface area contributed by atoms with Crippen molar-refractivity contribution < 1.29 is 19.3 Å². The van der Waals surface area contributed by atoms with Crippen LogP contribution in [0.25, 0.3) is 0 Å². The average Bonchev–Trinajstić information content (AvgIpc) is 2.12. The first-order valence-electron chi connectivity index (χ1n) is 3.18. The van der Waals surface area contributed by atoms with Crippen LogP contribution < -0.4 is 0 Å². The molecule has 0 aromatic carbocycles. The molecule has 0 aliphatic rings. The predicted octanol–water partition coefficient (Wildman–Crippen LogP) is -0.974. The van der Waals surface area contributed by atoms with Gasteiger partial charge in [-0.15, -0.1) is 0 Å². The highest BCUT2D eigenvalue weighted by Gasteiger charge is 2.22. The minimum Gasteiger partial charge on any atom is -0.274 e. The molecule has 0 atom stereocenters. The van der Waals surface area contributed by atoms with Gasteiger partial charge in [-0.05, 0) is 0 Å². The molecule has 0 rings (SSSR count). The number of rotatable bonds is 2. The maximum absolute atomic E-state index is 11.0. The van der Waals surface area contributed by atoms with Crippen molar-refractivity contribution in [1.82, 2.24) is 10.1 Å². The summed E-state index contributed by atoms with van der Waals surface area (Å²) in [6.45, 7) is 0. The van der Waals surface area contributed by atoms with E-state index in [1.807, 2.05) is 0 Å². The van der Waals surface area contributed by atoms with Crippen LogP contribution in [0.3, 0.4) is 0 Å². The van der Waals surface area contributed by atoms with E-state index >= 15 is 0 Å². The van der Waals surface area contributed by atoms with Crippen molar-refractivity contribution in [2.24, 2.45) is 0 Å². The molecule has 2 amide bonds. The van der Waals surface area contributed by atoms with E-state index in [1.165, 1.54) is 28.3 Å². The lowest BCUT2D eigenvalue weighted by molar-refractivity contribution is -0.192. The fraction of sp³-hybridized carbons (Fsp3) is 0.667. The van der Waals surface area contributed by atoms with Crippen LogP contribution in [0, 0.1) is 0 Å². The molecule has 6 nitrogen and oxygen atoms in total. The summed E-state index contributed by atoms with van der Waals surface area (Å²) in [6, 6.07) is 0. The molecule has 0 saturated carbocycles. The lowest BCUT2D eigenvalue weighted by atomic mass is 10.5. The SMILES string of the molecule is CON(C)C(=O)C(=O)N(C)OC. The van der Waals surface area contributed by atoms with Crippen LogP contribution in [0.15, 0.2) is 0 Å². The standard InChI is InChI=1S/C6H12N2O4/c1-7(11-3)5(9)6(10)8(2)12-4/h1-4H3. The maximum atomic E-state index is 11.0. The van der Waals surface area contributed by atoms with E-state index < -0.39 is 11.8 Å². The Morgan fingerprint density at radius 2 is 1.17 bits per heavy atom. The number of hydrogen-bond donors (Lipinski definition) is 0. The third-order valence-electron chi connectivity index (χ3n) is 1.30. The Labute approximate surface area is 70.5 Å². The first kappa shape index (κ1) is 10.9. The molecule has 0 bridgehead atoms. The second-order valence-electron chi connectivity index (χ2n) is 1.97. The topological polar surface area (TPSA) is 59.1 Å². The van der Waals surface area contributed by atoms with Crippen molar-refractivity contribution in [3.63, 3.8) is 0 Å². The van der Waals surface area contributed by atoms with Crippen molar-refractivity contribution in [2.75, 3.05) is 28.3 Å². The van der Waals surface area contributed by atoms with Crippen molar-refractivity contribution in [3.8, 4) is 0 Å². The Morgan fingerprint density at radius 1 is 0.917 bits per heavy atom. The maximum Gasteiger partial charge on any atom is 0.337 e. The number of hydroxylamine groups is 4. The summed E-state index contributed by atoms with van der Waals surface area (Å²) in [5.41, 5.74) is 0. The molecule has 0 saturated heterocycles. The second-order valence-corrected chi connectivity index (χ2v) is 1.97. The van der Waals surface area contributed by atoms with Crippen LogP contribution in [0.5, 0.6) is 0 Å². The number of hydrogen-bond acceptors (Lipinski definition) is 4. The van der Waals surface area contributed by atoms with Gasteiger partial charge >= 0.3 is 11.8 Å². The number of carbonyl (C=O) groups excluding carboxylic acids is 2. The zero-order chi connectivity index (χ0) is 9.72. The lowest BCUT2D eigenvalue weighted by Crippen LogP contribution is -2.41. The van der Waals surface area contributed by atoms with Gasteiger partial charge in [0.05, 0.1) is 14.2 Å². The van der Waals surface area contributed by atoms with Crippen molar-refractivity contribution in [2.45, 2.75) is 0 Å². The summed E-state index contributed by atoms with van der Waals surface area (Å²) >= 11 is 0. The highest BCUT2D eigenvalue weighted by atomic mass is 16.7. The van der Waals surface area contributed by atoms with Gasteiger partial charge in [-0.1, -0.05) is 0 Å². The summed E-state index contributed by atoms with van der Waals surface area (Å²) in [6.07, 6.45) is 0. The first-order valence-corrected chi connectivity index (χ1v) is 3.18. The van der Waals surface area contributed by atoms with E-state index in [0.29, 0.717) is 0 Å². The van der Waals surface area contributed by atoms with Crippen molar-refractivity contribution >= 4 is 11.8 Å². The minimum atomic E-state index is -0.790. The van der Waals surface area contributed by atoms with E-state index in [1.54, 1.807) is 0 Å². The Balaban J connectivity index is 4.19. The van der Waals surface area contributed by atoms with Crippen LogP contribution in [0.2, 0.25) is 0 Å². The minimum absolute atomic E-state index is 0.790. The molecule has 12 heavy (non-hydrogen) atoms. The smallest absolute Gasteiger partial charge is 0.274 e. The zero-order valence-electron chi connectivity index (χ0n) is 7.53. The van der Waals surface area contributed by atoms with Gasteiger partial charge in [-0.2, -0.15) is 0 Å². The predicted molar refractivity (Wildman–Crippen MR) is 39.6 cm³/mol. The third-order valence-corrected chi connectivity index (χ3v) is 1.30. The number of likely N-dealkylation sites (N-methyl/N-ethyl adjacent to an activating group) is 2. The summed E-state index contributed by atoms with van der Waals surface area (Å²) in [5, 5.41) is 1.63. The van der Waals surface area contributed by atoms with Gasteiger partial charge in [0.15, 0.2) is 0 Å². The Hall–Kier alpha value is -1.14. The van der Waals surface area contributed by atoms with Gasteiger partial charge in [0.2, 0.25) is 0 Å². The molecule has 0 heterocycles. The molecule has 0 aromatic heterocycles. The summed E-state index contributed by atoms with van der Waals surface area (Å²) < 4.78 is 0. The van der Waals surface area contributed by atoms with Crippen LogP contribution in [0.1, 0.15) is 0 Å². The molecule has 0 radical (unpaired) electrons. The molecule has 0 unspecified atom stereocenters. The van der Waals surface area contributed by atoms with E-state index in [0.717, 1.165) is 10.1 Å². The van der Waals surface area contributed by atoms with Gasteiger partial charge in [-0.3, -0.25) is 19.3 Å². The van der Waals surface area contributed by atoms with Crippen LogP contribution in [0.4, 0.5) is 0 Å². The zero-order valence-corrected chi connectivity index (χ0v) is 7.53. The average molecular weight is 176 g/mol. The third kappa shape index (κ3) is 2.48. The molecular weight excluding hydrogens is 164 g/mol. The molecule has 6 heteroatoms. The van der Waals surface area contributed by atoms with E-state index in [9.17, 15) is 9.59 Å². The monoisotopic (exact) mass is 176 g/mol. The number of carbonyl (C=O) groups is 2. The van der Waals surface area contributed by atoms with Crippen LogP contribution in [-0.4, -0.2) is 50.3 Å². The quantitative estimate of drug-likeness (QED) is 0.401. The normalized spacial score (nSPS) is 9.33. The van der Waals surface area contributed by atoms with Gasteiger partial charge in [0.25, 0.3) is 0 Å². The molecule has 0 N–H and O–H groups in total. The summed E-state index contributed by atoms with van der Waals surface area (Å²) in [5.74, 6) is -1.58. The second kappa shape index (κ2) is 4.68. The molecule has 0 aromatic rings. The molecule has 0 aliphatic heterocycles. The molecule has 70 valence electrons. The highest BCUT2D eigenvalue weighted by Crippen LogP contribution is 1.91. The van der Waals surface area contributed by atoms with Gasteiger partial charge < -0.3 is 0 Å². The lowest BCUT2D eigenvalue weighted by Gasteiger charge is -2.17. The molecular formula is C6H12N2O4. The molecule has 0 spiro atoms. The fourth-order valence-electron chi connectivity index (χ4n) is 0.435. The van der Waals surface area contributed by atoms with Crippen molar-refractivity contribution in [1.29, 1.82) is 0 Å². The molecule has 0 fully saturated rings. The van der Waals surface area contributed by atoms with Gasteiger partial charge in [-0.25, -0.2) is 10.1 Å². The largest absolute Gasteiger partial charge is 0.337 e. The molecule has 0 aliphatic carbocycles. The number of nitrogens with zero attached hydrogens (tertiary/aromatic N) is 2. The Kier molecular flexibility index (Phi) is 4.24. The van der Waals surface area contributed by atoms with E-state index in [2.05, 4.69) is 9.68 Å². The first-order chi connectivity index (χ1) is 5.54. The summed E-state index contributed by atoms with van der Waals surface area (Å²) in [7, 11) is 5.25. The highest BCUT2D eigenvalue weighted by molar-refractivity contribution is 6.34. The van der Waals surface area contributed by atoms with Crippen LogP contribution in [-0.2, 0) is 19.3 Å². The number of amides is 2. The Morgan fingerprint density at radius 3 is 1.33 bits per heavy atom. The van der Waals surface area contributed by atoms with Crippen molar-refractivity contribution in [3.05, 3.63) is 0 Å². The Bertz CT molecular complexity index is 162. The fourth-order valence-corrected chi connectivity index (χ4v) is 0.435. The van der Waals surface area contributed by atoms with Gasteiger partial charge in [0, 0.05) is 14.1 Å².